The zero-order valence-electron chi connectivity index (χ0n) is 11.1. The summed E-state index contributed by atoms with van der Waals surface area (Å²) < 4.78 is 4.80. The Kier molecular flexibility index (Phi) is 6.86. The van der Waals surface area contributed by atoms with Crippen LogP contribution >= 0.6 is 11.8 Å². The monoisotopic (exact) mass is 288 g/mol. The Morgan fingerprint density at radius 3 is 2.58 bits per heavy atom. The van der Waals surface area contributed by atoms with Crippen molar-refractivity contribution in [3.63, 3.8) is 0 Å². The third-order valence-electron chi connectivity index (χ3n) is 2.78. The van der Waals surface area contributed by atoms with E-state index in [1.807, 2.05) is 0 Å². The first kappa shape index (κ1) is 16.0. The Labute approximate surface area is 117 Å². The molecule has 0 bridgehead atoms. The maximum Gasteiger partial charge on any atom is 0.322 e. The number of ether oxygens (including phenoxy) is 1. The highest BCUT2D eigenvalue weighted by atomic mass is 32.2. The van der Waals surface area contributed by atoms with E-state index in [9.17, 15) is 14.4 Å². The molecule has 1 aliphatic rings. The van der Waals surface area contributed by atoms with Crippen molar-refractivity contribution < 1.29 is 19.1 Å². The Bertz CT molecular complexity index is 333. The minimum absolute atomic E-state index is 0.0891. The van der Waals surface area contributed by atoms with Gasteiger partial charge in [-0.2, -0.15) is 11.8 Å². The zero-order chi connectivity index (χ0) is 14.3. The van der Waals surface area contributed by atoms with Crippen molar-refractivity contribution in [2.24, 2.45) is 5.73 Å². The Hall–Kier alpha value is -1.08. The number of nitrogens with zero attached hydrogens (tertiary/aromatic N) is 1. The molecule has 0 spiro atoms. The van der Waals surface area contributed by atoms with Crippen molar-refractivity contribution in [1.82, 2.24) is 4.90 Å². The SMILES string of the molecule is CCOC(=O)C(N)CCSCCN1C(=O)CCC1=O. The first-order valence-electron chi connectivity index (χ1n) is 6.39. The molecule has 0 aromatic carbocycles. The zero-order valence-corrected chi connectivity index (χ0v) is 11.9. The highest BCUT2D eigenvalue weighted by molar-refractivity contribution is 7.99. The molecule has 1 unspecified atom stereocenters. The molecule has 108 valence electrons. The van der Waals surface area contributed by atoms with Crippen LogP contribution < -0.4 is 5.73 Å². The van der Waals surface area contributed by atoms with Gasteiger partial charge in [0.05, 0.1) is 6.61 Å². The Morgan fingerprint density at radius 2 is 2.00 bits per heavy atom. The van der Waals surface area contributed by atoms with E-state index in [2.05, 4.69) is 0 Å². The van der Waals surface area contributed by atoms with Crippen LogP contribution in [-0.4, -0.2) is 53.4 Å². The average Bonchev–Trinajstić information content (AvgIpc) is 2.69. The van der Waals surface area contributed by atoms with Crippen molar-refractivity contribution in [3.05, 3.63) is 0 Å². The van der Waals surface area contributed by atoms with Gasteiger partial charge in [0.25, 0.3) is 0 Å². The van der Waals surface area contributed by atoms with Gasteiger partial charge in [-0.15, -0.1) is 0 Å². The molecule has 1 heterocycles. The summed E-state index contributed by atoms with van der Waals surface area (Å²) in [4.78, 5) is 35.2. The molecule has 0 radical (unpaired) electrons. The van der Waals surface area contributed by atoms with Crippen LogP contribution in [0.5, 0.6) is 0 Å². The average molecular weight is 288 g/mol. The molecule has 1 rings (SSSR count). The minimum atomic E-state index is -0.595. The Balaban J connectivity index is 2.09. The molecule has 1 fully saturated rings. The number of amides is 2. The van der Waals surface area contributed by atoms with Gasteiger partial charge >= 0.3 is 5.97 Å². The number of likely N-dealkylation sites (tertiary alicyclic amines) is 1. The van der Waals surface area contributed by atoms with Crippen molar-refractivity contribution >= 4 is 29.5 Å². The van der Waals surface area contributed by atoms with Crippen molar-refractivity contribution in [2.45, 2.75) is 32.2 Å². The molecule has 1 aliphatic heterocycles. The van der Waals surface area contributed by atoms with E-state index in [0.717, 1.165) is 0 Å². The number of carbonyl (C=O) groups excluding carboxylic acids is 3. The van der Waals surface area contributed by atoms with Crippen LogP contribution in [0.1, 0.15) is 26.2 Å². The summed E-state index contributed by atoms with van der Waals surface area (Å²) in [6, 6.07) is -0.595. The van der Waals surface area contributed by atoms with E-state index in [1.54, 1.807) is 18.7 Å². The molecular weight excluding hydrogens is 268 g/mol. The highest BCUT2D eigenvalue weighted by Crippen LogP contribution is 2.13. The number of nitrogens with two attached hydrogens (primary N) is 1. The molecule has 0 aliphatic carbocycles. The highest BCUT2D eigenvalue weighted by Gasteiger charge is 2.27. The van der Waals surface area contributed by atoms with E-state index in [0.29, 0.717) is 43.9 Å². The van der Waals surface area contributed by atoms with Gasteiger partial charge in [0.15, 0.2) is 0 Å². The van der Waals surface area contributed by atoms with E-state index in [4.69, 9.17) is 10.5 Å². The van der Waals surface area contributed by atoms with Crippen molar-refractivity contribution in [1.29, 1.82) is 0 Å². The number of rotatable bonds is 8. The number of carbonyl (C=O) groups is 3. The lowest BCUT2D eigenvalue weighted by Crippen LogP contribution is -2.33. The van der Waals surface area contributed by atoms with Gasteiger partial charge in [-0.25, -0.2) is 0 Å². The van der Waals surface area contributed by atoms with Crippen LogP contribution in [0.4, 0.5) is 0 Å². The van der Waals surface area contributed by atoms with E-state index in [1.165, 1.54) is 4.90 Å². The lowest BCUT2D eigenvalue weighted by molar-refractivity contribution is -0.144. The second-order valence-corrected chi connectivity index (χ2v) is 5.42. The van der Waals surface area contributed by atoms with Crippen molar-refractivity contribution in [3.8, 4) is 0 Å². The molecule has 2 N–H and O–H groups in total. The third kappa shape index (κ3) is 5.20. The smallest absolute Gasteiger partial charge is 0.322 e. The van der Waals surface area contributed by atoms with Gasteiger partial charge in [-0.1, -0.05) is 0 Å². The van der Waals surface area contributed by atoms with Crippen LogP contribution in [0.2, 0.25) is 0 Å². The predicted molar refractivity (Wildman–Crippen MR) is 72.5 cm³/mol. The number of hydrogen-bond acceptors (Lipinski definition) is 6. The molecule has 0 aromatic heterocycles. The summed E-state index contributed by atoms with van der Waals surface area (Å²) in [5.41, 5.74) is 5.65. The maximum atomic E-state index is 11.3. The first-order valence-corrected chi connectivity index (χ1v) is 7.55. The molecule has 0 saturated carbocycles. The molecule has 2 amide bonds. The quantitative estimate of drug-likeness (QED) is 0.388. The van der Waals surface area contributed by atoms with Crippen molar-refractivity contribution in [2.75, 3.05) is 24.7 Å². The van der Waals surface area contributed by atoms with Gasteiger partial charge in [-0.05, 0) is 19.1 Å². The van der Waals surface area contributed by atoms with E-state index >= 15 is 0 Å². The summed E-state index contributed by atoms with van der Waals surface area (Å²) in [5, 5.41) is 0. The van der Waals surface area contributed by atoms with E-state index < -0.39 is 6.04 Å². The summed E-state index contributed by atoms with van der Waals surface area (Å²) in [6.45, 7) is 2.51. The van der Waals surface area contributed by atoms with Crippen LogP contribution in [0.15, 0.2) is 0 Å². The van der Waals surface area contributed by atoms with Gasteiger partial charge in [0.2, 0.25) is 11.8 Å². The topological polar surface area (TPSA) is 89.7 Å². The molecule has 6 nitrogen and oxygen atoms in total. The summed E-state index contributed by atoms with van der Waals surface area (Å²) in [5.74, 6) is 0.819. The first-order chi connectivity index (χ1) is 9.06. The van der Waals surface area contributed by atoms with Gasteiger partial charge in [-0.3, -0.25) is 19.3 Å². The molecule has 0 aromatic rings. The number of hydrogen-bond donors (Lipinski definition) is 1. The largest absolute Gasteiger partial charge is 0.465 e. The number of esters is 1. The predicted octanol–water partition coefficient (Wildman–Crippen LogP) is 0.149. The molecule has 1 saturated heterocycles. The van der Waals surface area contributed by atoms with Gasteiger partial charge in [0, 0.05) is 25.1 Å². The van der Waals surface area contributed by atoms with Gasteiger partial charge in [0.1, 0.15) is 6.04 Å². The Morgan fingerprint density at radius 1 is 1.37 bits per heavy atom. The standard InChI is InChI=1S/C12H20N2O4S/c1-2-18-12(17)9(13)5-7-19-8-6-14-10(15)3-4-11(14)16/h9H,2-8,13H2,1H3. The summed E-state index contributed by atoms with van der Waals surface area (Å²) in [7, 11) is 0. The number of thioether (sulfide) groups is 1. The van der Waals surface area contributed by atoms with Crippen LogP contribution in [0, 0.1) is 0 Å². The number of imide groups is 1. The normalized spacial score (nSPS) is 16.8. The summed E-state index contributed by atoms with van der Waals surface area (Å²) >= 11 is 1.57. The van der Waals surface area contributed by atoms with Gasteiger partial charge < -0.3 is 10.5 Å². The third-order valence-corrected chi connectivity index (χ3v) is 3.77. The van der Waals surface area contributed by atoms with E-state index in [-0.39, 0.29) is 17.8 Å². The fourth-order valence-corrected chi connectivity index (χ4v) is 2.64. The van der Waals surface area contributed by atoms with Crippen LogP contribution in [-0.2, 0) is 19.1 Å². The lowest BCUT2D eigenvalue weighted by atomic mass is 10.2. The van der Waals surface area contributed by atoms with Crippen LogP contribution in [0.25, 0.3) is 0 Å². The lowest BCUT2D eigenvalue weighted by Gasteiger charge is -2.13. The molecule has 1 atom stereocenters. The molecule has 7 heteroatoms. The van der Waals surface area contributed by atoms with Crippen LogP contribution in [0.3, 0.4) is 0 Å². The maximum absolute atomic E-state index is 11.3. The second-order valence-electron chi connectivity index (χ2n) is 4.20. The second kappa shape index (κ2) is 8.16. The fraction of sp³-hybridized carbons (Fsp3) is 0.750. The fourth-order valence-electron chi connectivity index (χ4n) is 1.71. The molecular formula is C12H20N2O4S. The molecule has 19 heavy (non-hydrogen) atoms. The summed E-state index contributed by atoms with van der Waals surface area (Å²) in [6.07, 6.45) is 1.19. The minimum Gasteiger partial charge on any atom is -0.465 e.